The normalized spacial score (nSPS) is 20.2. The van der Waals surface area contributed by atoms with Crippen LogP contribution < -0.4 is 0 Å². The molecule has 0 unspecified atom stereocenters. The Labute approximate surface area is 74.9 Å². The summed E-state index contributed by atoms with van der Waals surface area (Å²) < 4.78 is 59.2. The van der Waals surface area contributed by atoms with Crippen LogP contribution in [-0.4, -0.2) is 37.7 Å². The second-order valence-corrected chi connectivity index (χ2v) is 2.87. The van der Waals surface area contributed by atoms with Gasteiger partial charge in [0, 0.05) is 0 Å². The van der Waals surface area contributed by atoms with Gasteiger partial charge >= 0.3 is 72.2 Å². The molecule has 0 N–H and O–H groups in total. The van der Waals surface area contributed by atoms with Crippen molar-refractivity contribution >= 4 is 45.5 Å². The standard InChI is InChI=1S/Ca.F6P.2H/c;1-7(2,3,4,5)6;;/q+2;3*-1/p+1. The molecule has 0 fully saturated rings. The second-order valence-electron chi connectivity index (χ2n) is 0.958. The third-order valence-electron chi connectivity index (χ3n) is 0. The minimum atomic E-state index is -10.7. The third kappa shape index (κ3) is 177. The number of halogens is 6. The van der Waals surface area contributed by atoms with Gasteiger partial charge in [-0.15, -0.1) is 0 Å². The van der Waals surface area contributed by atoms with Crippen LogP contribution in [-0.2, 0) is 0 Å². The molecule has 0 bridgehead atoms. The summed E-state index contributed by atoms with van der Waals surface area (Å²) in [5, 5.41) is 0. The molecule has 52 valence electrons. The van der Waals surface area contributed by atoms with Crippen molar-refractivity contribution < 1.29 is 29.5 Å². The summed E-state index contributed by atoms with van der Waals surface area (Å²) in [5.74, 6) is 0. The molecule has 0 atom stereocenters. The smallest absolute Gasteiger partial charge is 1.00 e. The van der Waals surface area contributed by atoms with Crippen LogP contribution >= 0.6 is 7.81 Å². The van der Waals surface area contributed by atoms with Crippen molar-refractivity contribution in [2.75, 3.05) is 0 Å². The van der Waals surface area contributed by atoms with Gasteiger partial charge in [-0.05, 0) is 0 Å². The maximum absolute atomic E-state index is 10.7. The van der Waals surface area contributed by atoms with Gasteiger partial charge in [-0.25, -0.2) is 0 Å². The molecule has 8 heavy (non-hydrogen) atoms. The van der Waals surface area contributed by atoms with Gasteiger partial charge in [0.15, 0.2) is 0 Å². The first-order valence-electron chi connectivity index (χ1n) is 1.01. The van der Waals surface area contributed by atoms with E-state index in [1.807, 2.05) is 0 Å². The van der Waals surface area contributed by atoms with Crippen LogP contribution in [0.15, 0.2) is 0 Å². The van der Waals surface area contributed by atoms with Crippen molar-refractivity contribution in [2.24, 2.45) is 0 Å². The van der Waals surface area contributed by atoms with Crippen molar-refractivity contribution in [2.45, 2.75) is 0 Å². The van der Waals surface area contributed by atoms with E-state index in [-0.39, 0.29) is 42.0 Å². The summed E-state index contributed by atoms with van der Waals surface area (Å²) >= 11 is 0. The molecular weight excluding hydrogens is 185 g/mol. The zero-order valence-corrected chi connectivity index (χ0v) is 6.52. The predicted octanol–water partition coefficient (Wildman–Crippen LogP) is 3.34. The maximum atomic E-state index is 9.87. The van der Waals surface area contributed by atoms with E-state index in [2.05, 4.69) is 0 Å². The fourth-order valence-corrected chi connectivity index (χ4v) is 0. The molecule has 8 heteroatoms. The molecule has 0 aromatic heterocycles. The van der Waals surface area contributed by atoms with Crippen LogP contribution in [0.1, 0.15) is 4.28 Å². The van der Waals surface area contributed by atoms with Gasteiger partial charge in [0.05, 0.1) is 0 Å². The summed E-state index contributed by atoms with van der Waals surface area (Å²) in [6, 6.07) is 0. The fourth-order valence-electron chi connectivity index (χ4n) is 0. The Morgan fingerprint density at radius 1 is 0.875 bits per heavy atom. The summed E-state index contributed by atoms with van der Waals surface area (Å²) in [6.07, 6.45) is 0. The molecule has 0 nitrogen and oxygen atoms in total. The first-order chi connectivity index (χ1) is 2.45. The Morgan fingerprint density at radius 2 is 0.875 bits per heavy atom. The number of rotatable bonds is 0. The van der Waals surface area contributed by atoms with E-state index in [1.165, 1.54) is 0 Å². The van der Waals surface area contributed by atoms with Gasteiger partial charge in [0.1, 0.15) is 0 Å². The molecule has 0 aromatic rings. The van der Waals surface area contributed by atoms with Gasteiger partial charge < -0.3 is 2.85 Å². The maximum Gasteiger partial charge on any atom is 2.00 e. The molecule has 0 aliphatic carbocycles. The minimum absolute atomic E-state index is 0. The fraction of sp³-hybridized carbons (Fsp3) is 0. The van der Waals surface area contributed by atoms with Crippen molar-refractivity contribution in [3.63, 3.8) is 0 Å². The monoisotopic (exact) mass is 188 g/mol. The van der Waals surface area contributed by atoms with Crippen molar-refractivity contribution in [3.8, 4) is 0 Å². The molecular formula is H3CaF6P. The van der Waals surface area contributed by atoms with E-state index in [0.29, 0.717) is 0 Å². The van der Waals surface area contributed by atoms with E-state index in [1.54, 1.807) is 0 Å². The molecule has 0 heterocycles. The zero-order valence-electron chi connectivity index (χ0n) is 6.42. The second kappa shape index (κ2) is 1.65. The molecule has 0 amide bonds. The molecule has 0 aliphatic rings. The van der Waals surface area contributed by atoms with E-state index in [9.17, 15) is 25.2 Å². The molecule has 0 aliphatic heterocycles. The van der Waals surface area contributed by atoms with Gasteiger partial charge in [0.2, 0.25) is 0 Å². The van der Waals surface area contributed by atoms with Crippen molar-refractivity contribution in [3.05, 3.63) is 0 Å². The van der Waals surface area contributed by atoms with Crippen LogP contribution in [0.25, 0.3) is 0 Å². The Hall–Kier alpha value is 1.27. The summed E-state index contributed by atoms with van der Waals surface area (Å²) in [4.78, 5) is 0. The molecule has 0 aromatic carbocycles. The topological polar surface area (TPSA) is 0 Å². The Morgan fingerprint density at radius 3 is 0.875 bits per heavy atom. The molecule has 0 radical (unpaired) electrons. The number of hydrogen-bond donors (Lipinski definition) is 0. The van der Waals surface area contributed by atoms with Crippen LogP contribution in [0.4, 0.5) is 25.2 Å². The van der Waals surface area contributed by atoms with Crippen LogP contribution in [0.5, 0.6) is 0 Å². The number of hydrogen-bond acceptors (Lipinski definition) is 0. The van der Waals surface area contributed by atoms with Crippen LogP contribution in [0.3, 0.4) is 0 Å². The van der Waals surface area contributed by atoms with Gasteiger partial charge in [-0.1, -0.05) is 0 Å². The SMILES string of the molecule is F[P-](F)(F)(F)(F)F.[Ca+2].[H+].[H-].[H-]. The molecule has 0 spiro atoms. The van der Waals surface area contributed by atoms with Crippen LogP contribution in [0.2, 0.25) is 0 Å². The Balaban J connectivity index is -0.0000000300. The first-order valence-corrected chi connectivity index (χ1v) is 3.04. The first kappa shape index (κ1) is 12.0. The summed E-state index contributed by atoms with van der Waals surface area (Å²) in [6.45, 7) is 0. The van der Waals surface area contributed by atoms with E-state index < -0.39 is 7.81 Å². The predicted molar refractivity (Wildman–Crippen MR) is 22.7 cm³/mol. The summed E-state index contributed by atoms with van der Waals surface area (Å²) in [7, 11) is -10.7. The third-order valence-corrected chi connectivity index (χ3v) is 0. The zero-order chi connectivity index (χ0) is 6.41. The van der Waals surface area contributed by atoms with E-state index >= 15 is 0 Å². The van der Waals surface area contributed by atoms with Crippen molar-refractivity contribution in [1.29, 1.82) is 0 Å². The van der Waals surface area contributed by atoms with Gasteiger partial charge in [-0.2, -0.15) is 0 Å². The molecule has 0 saturated carbocycles. The van der Waals surface area contributed by atoms with Gasteiger partial charge in [0.25, 0.3) is 0 Å². The van der Waals surface area contributed by atoms with Gasteiger partial charge in [-0.3, -0.25) is 0 Å². The molecule has 0 saturated heterocycles. The van der Waals surface area contributed by atoms with Crippen LogP contribution in [0, 0.1) is 0 Å². The Kier molecular flexibility index (Phi) is 2.48. The van der Waals surface area contributed by atoms with E-state index in [4.69, 9.17) is 0 Å². The Bertz CT molecular complexity index is 76.4. The average molecular weight is 188 g/mol. The largest absolute Gasteiger partial charge is 2.00 e. The van der Waals surface area contributed by atoms with Crippen molar-refractivity contribution in [1.82, 2.24) is 0 Å². The summed E-state index contributed by atoms with van der Waals surface area (Å²) in [5.41, 5.74) is 0. The van der Waals surface area contributed by atoms with E-state index in [0.717, 1.165) is 0 Å². The molecule has 0 rings (SSSR count). The average Bonchev–Trinajstić information content (AvgIpc) is 0.592. The minimum Gasteiger partial charge on any atom is -1.00 e. The quantitative estimate of drug-likeness (QED) is 0.310.